The third-order valence-electron chi connectivity index (χ3n) is 10.6. The lowest BCUT2D eigenvalue weighted by Crippen LogP contribution is -2.54. The molecule has 5 rings (SSSR count). The van der Waals surface area contributed by atoms with E-state index in [1.54, 1.807) is 59.7 Å². The number of carbonyl (C=O) groups excluding carboxylic acids is 5. The van der Waals surface area contributed by atoms with Gasteiger partial charge in [0.2, 0.25) is 11.8 Å². The number of likely N-dealkylation sites (tertiary alicyclic amines) is 1. The minimum Gasteiger partial charge on any atom is -0.496 e. The van der Waals surface area contributed by atoms with Gasteiger partial charge in [-0.2, -0.15) is 27.0 Å². The molecule has 60 heavy (non-hydrogen) atoms. The van der Waals surface area contributed by atoms with Crippen molar-refractivity contribution < 1.29 is 38.2 Å². The van der Waals surface area contributed by atoms with Crippen LogP contribution in [0.2, 0.25) is 0 Å². The quantitative estimate of drug-likeness (QED) is 0.123. The summed E-state index contributed by atoms with van der Waals surface area (Å²) in [5, 5.41) is 8.97. The second-order valence-corrected chi connectivity index (χ2v) is 17.2. The number of amides is 4. The SMILES string of the molecule is COc1ccccc1C(=O)NC1CCN(C(=O)[C@H]2CC[C@@](C(=O)N[C@@H](CCCCNC(=O)OC(C)(C)C)C(=O)OC(C)(C)C)(c3ccccc3)c3ccccc32)CC1.S.S. The first-order chi connectivity index (χ1) is 27.5. The van der Waals surface area contributed by atoms with Gasteiger partial charge in [-0.05, 0) is 115 Å². The Morgan fingerprint density at radius 1 is 0.783 bits per heavy atom. The summed E-state index contributed by atoms with van der Waals surface area (Å²) in [4.78, 5) is 70.2. The third-order valence-corrected chi connectivity index (χ3v) is 10.6. The number of hydrogen-bond donors (Lipinski definition) is 3. The fraction of sp³-hybridized carbons (Fsp3) is 0.500. The zero-order valence-electron chi connectivity index (χ0n) is 36.0. The summed E-state index contributed by atoms with van der Waals surface area (Å²) in [6, 6.07) is 23.2. The number of nitrogens with one attached hydrogen (secondary N) is 3. The second kappa shape index (κ2) is 21.7. The molecule has 0 aromatic heterocycles. The molecule has 2 aliphatic rings. The van der Waals surface area contributed by atoms with Crippen molar-refractivity contribution in [3.8, 4) is 5.75 Å². The molecule has 0 unspecified atom stereocenters. The number of ether oxygens (including phenoxy) is 3. The van der Waals surface area contributed by atoms with E-state index in [2.05, 4.69) is 16.0 Å². The zero-order chi connectivity index (χ0) is 42.1. The van der Waals surface area contributed by atoms with Crippen molar-refractivity contribution in [2.45, 2.75) is 121 Å². The van der Waals surface area contributed by atoms with Crippen LogP contribution in [-0.4, -0.2) is 84.7 Å². The molecule has 3 aromatic rings. The van der Waals surface area contributed by atoms with E-state index in [4.69, 9.17) is 14.2 Å². The lowest BCUT2D eigenvalue weighted by atomic mass is 9.62. The van der Waals surface area contributed by atoms with Crippen molar-refractivity contribution in [1.82, 2.24) is 20.9 Å². The standard InChI is InChI=1S/C46H60N4O8.2H2S/c1-44(2,3)57-41(53)37(22-15-16-28-47-43(55)58-45(4,5)6)49-42(54)46(31-17-9-8-10-18-31)27-24-34(33-19-11-13-21-36(33)46)40(52)50-29-25-32(26-30-50)48-39(51)35-20-12-14-23-38(35)56-7;;/h8-14,17-21,23,32,34,37H,15-16,22,24-30H2,1-7H3,(H,47,55)(H,48,51)(H,49,54);2*1H2/t34-,37-,46+;;/m0../s1. The Hall–Kier alpha value is -4.69. The van der Waals surface area contributed by atoms with Crippen LogP contribution in [-0.2, 0) is 29.3 Å². The van der Waals surface area contributed by atoms with Gasteiger partial charge in [-0.1, -0.05) is 66.7 Å². The molecular formula is C46H64N4O8S2. The number of benzene rings is 3. The van der Waals surface area contributed by atoms with Gasteiger partial charge in [0, 0.05) is 25.7 Å². The number of fused-ring (bicyclic) bond motifs is 1. The van der Waals surface area contributed by atoms with Gasteiger partial charge < -0.3 is 35.1 Å². The highest BCUT2D eigenvalue weighted by atomic mass is 32.1. The molecule has 328 valence electrons. The number of para-hydroxylation sites is 1. The maximum Gasteiger partial charge on any atom is 0.407 e. The van der Waals surface area contributed by atoms with Gasteiger partial charge in [0.1, 0.15) is 23.0 Å². The minimum atomic E-state index is -1.19. The first-order valence-electron chi connectivity index (χ1n) is 20.4. The molecule has 1 aliphatic carbocycles. The smallest absolute Gasteiger partial charge is 0.407 e. The summed E-state index contributed by atoms with van der Waals surface area (Å²) in [5.41, 5.74) is 0.156. The van der Waals surface area contributed by atoms with E-state index in [1.807, 2.05) is 65.6 Å². The van der Waals surface area contributed by atoms with Gasteiger partial charge in [0.15, 0.2) is 0 Å². The largest absolute Gasteiger partial charge is 0.496 e. The first-order valence-corrected chi connectivity index (χ1v) is 20.4. The van der Waals surface area contributed by atoms with E-state index < -0.39 is 40.6 Å². The molecule has 0 spiro atoms. The lowest BCUT2D eigenvalue weighted by Gasteiger charge is -2.43. The molecule has 3 aromatic carbocycles. The Labute approximate surface area is 369 Å². The van der Waals surface area contributed by atoms with Crippen LogP contribution in [0.1, 0.15) is 119 Å². The van der Waals surface area contributed by atoms with Gasteiger partial charge >= 0.3 is 12.1 Å². The summed E-state index contributed by atoms with van der Waals surface area (Å²) in [6.45, 7) is 12.1. The fourth-order valence-electron chi connectivity index (χ4n) is 7.93. The van der Waals surface area contributed by atoms with Crippen LogP contribution in [0.25, 0.3) is 0 Å². The maximum absolute atomic E-state index is 15.0. The number of esters is 1. The Balaban J connectivity index is 0.00000480. The van der Waals surface area contributed by atoms with E-state index in [9.17, 15) is 24.0 Å². The second-order valence-electron chi connectivity index (χ2n) is 17.2. The van der Waals surface area contributed by atoms with Crippen LogP contribution in [0, 0.1) is 0 Å². The van der Waals surface area contributed by atoms with Crippen LogP contribution >= 0.6 is 27.0 Å². The van der Waals surface area contributed by atoms with Gasteiger partial charge in [0.25, 0.3) is 5.91 Å². The molecule has 1 saturated heterocycles. The lowest BCUT2D eigenvalue weighted by molar-refractivity contribution is -0.159. The first kappa shape index (κ1) is 49.7. The average Bonchev–Trinajstić information content (AvgIpc) is 3.18. The number of piperidine rings is 1. The fourth-order valence-corrected chi connectivity index (χ4v) is 7.93. The molecule has 4 amide bonds. The van der Waals surface area contributed by atoms with Gasteiger partial charge in [-0.3, -0.25) is 14.4 Å². The molecule has 14 heteroatoms. The number of alkyl carbamates (subject to hydrolysis) is 1. The summed E-state index contributed by atoms with van der Waals surface area (Å²) in [6.07, 6.45) is 2.82. The van der Waals surface area contributed by atoms with Gasteiger partial charge in [-0.25, -0.2) is 9.59 Å². The van der Waals surface area contributed by atoms with E-state index in [-0.39, 0.29) is 50.8 Å². The van der Waals surface area contributed by atoms with E-state index in [0.29, 0.717) is 75.9 Å². The predicted molar refractivity (Wildman–Crippen MR) is 242 cm³/mol. The monoisotopic (exact) mass is 864 g/mol. The summed E-state index contributed by atoms with van der Waals surface area (Å²) in [7, 11) is 1.54. The predicted octanol–water partition coefficient (Wildman–Crippen LogP) is 7.03. The molecule has 12 nitrogen and oxygen atoms in total. The number of rotatable bonds is 13. The molecule has 1 fully saturated rings. The number of hydrogen-bond acceptors (Lipinski definition) is 8. The Bertz CT molecular complexity index is 1920. The molecule has 0 radical (unpaired) electrons. The molecule has 0 bridgehead atoms. The zero-order valence-corrected chi connectivity index (χ0v) is 38.0. The average molecular weight is 865 g/mol. The summed E-state index contributed by atoms with van der Waals surface area (Å²) < 4.78 is 16.5. The highest BCUT2D eigenvalue weighted by molar-refractivity contribution is 7.59. The van der Waals surface area contributed by atoms with Crippen LogP contribution in [0.3, 0.4) is 0 Å². The van der Waals surface area contributed by atoms with E-state index >= 15 is 0 Å². The van der Waals surface area contributed by atoms with Crippen molar-refractivity contribution in [2.75, 3.05) is 26.7 Å². The van der Waals surface area contributed by atoms with Crippen molar-refractivity contribution in [1.29, 1.82) is 0 Å². The topological polar surface area (TPSA) is 152 Å². The minimum absolute atomic E-state index is 0. The van der Waals surface area contributed by atoms with E-state index in [0.717, 1.165) is 16.7 Å². The number of methoxy groups -OCH3 is 1. The highest BCUT2D eigenvalue weighted by Crippen LogP contribution is 2.48. The molecule has 0 saturated carbocycles. The van der Waals surface area contributed by atoms with Gasteiger partial charge in [0.05, 0.1) is 24.0 Å². The van der Waals surface area contributed by atoms with Crippen molar-refractivity contribution in [3.63, 3.8) is 0 Å². The van der Waals surface area contributed by atoms with Crippen LogP contribution < -0.4 is 20.7 Å². The molecule has 3 atom stereocenters. The van der Waals surface area contributed by atoms with Crippen molar-refractivity contribution >= 4 is 56.8 Å². The molecule has 1 heterocycles. The normalized spacial score (nSPS) is 18.2. The van der Waals surface area contributed by atoms with Crippen molar-refractivity contribution in [2.24, 2.45) is 0 Å². The molecule has 1 aliphatic heterocycles. The number of carbonyl (C=O) groups is 5. The van der Waals surface area contributed by atoms with Crippen LogP contribution in [0.4, 0.5) is 4.79 Å². The van der Waals surface area contributed by atoms with E-state index in [1.165, 1.54) is 7.11 Å². The molecule has 3 N–H and O–H groups in total. The summed E-state index contributed by atoms with van der Waals surface area (Å²) in [5.74, 6) is -1.05. The Morgan fingerprint density at radius 2 is 1.40 bits per heavy atom. The Morgan fingerprint density at radius 3 is 2.05 bits per heavy atom. The molecular weight excluding hydrogens is 801 g/mol. The third kappa shape index (κ3) is 12.7. The van der Waals surface area contributed by atoms with Gasteiger partial charge in [-0.15, -0.1) is 0 Å². The number of unbranched alkanes of at least 4 members (excludes halogenated alkanes) is 1. The van der Waals surface area contributed by atoms with Crippen LogP contribution in [0.5, 0.6) is 5.75 Å². The number of nitrogens with zero attached hydrogens (tertiary/aromatic N) is 1. The Kier molecular flexibility index (Phi) is 18.0. The maximum atomic E-state index is 15.0. The van der Waals surface area contributed by atoms with Crippen LogP contribution in [0.15, 0.2) is 78.9 Å². The summed E-state index contributed by atoms with van der Waals surface area (Å²) >= 11 is 0. The highest BCUT2D eigenvalue weighted by Gasteiger charge is 2.50. The van der Waals surface area contributed by atoms with Crippen molar-refractivity contribution in [3.05, 3.63) is 101 Å².